The number of hydrogen-bond donors (Lipinski definition) is 2. The summed E-state index contributed by atoms with van der Waals surface area (Å²) >= 11 is 0. The molecule has 7 heteroatoms. The fraction of sp³-hybridized carbons (Fsp3) is 0.579. The lowest BCUT2D eigenvalue weighted by molar-refractivity contribution is -0.432. The average Bonchev–Trinajstić information content (AvgIpc) is 3.23. The maximum absolute atomic E-state index is 11.8. The summed E-state index contributed by atoms with van der Waals surface area (Å²) in [7, 11) is 0. The minimum absolute atomic E-state index is 0.0150. The normalized spacial score (nSPS) is 24.8. The van der Waals surface area contributed by atoms with E-state index in [0.717, 1.165) is 12.0 Å². The van der Waals surface area contributed by atoms with Crippen molar-refractivity contribution in [3.05, 3.63) is 35.9 Å². The first kappa shape index (κ1) is 20.2. The highest BCUT2D eigenvalue weighted by Crippen LogP contribution is 2.49. The maximum atomic E-state index is 11.8. The Morgan fingerprint density at radius 2 is 1.96 bits per heavy atom. The van der Waals surface area contributed by atoms with Crippen LogP contribution >= 0.6 is 0 Å². The molecule has 0 unspecified atom stereocenters. The monoisotopic (exact) mass is 364 g/mol. The van der Waals surface area contributed by atoms with E-state index in [1.54, 1.807) is 20.8 Å². The molecule has 4 N–H and O–H groups in total. The van der Waals surface area contributed by atoms with Crippen LogP contribution in [0.2, 0.25) is 0 Å². The molecule has 0 aromatic heterocycles. The van der Waals surface area contributed by atoms with Crippen LogP contribution in [0.25, 0.3) is 0 Å². The van der Waals surface area contributed by atoms with Crippen molar-refractivity contribution in [2.45, 2.75) is 44.9 Å². The number of carbonyl (C=O) groups is 2. The van der Waals surface area contributed by atoms with Crippen molar-refractivity contribution in [3.8, 4) is 0 Å². The number of nitrogens with zero attached hydrogens (tertiary/aromatic N) is 1. The second-order valence-corrected chi connectivity index (χ2v) is 7.85. The molecule has 1 amide bonds. The number of fused-ring (bicyclic) bond motifs is 1. The molecule has 1 aromatic carbocycles. The number of carboxylic acid groups (broad SMARTS) is 1. The van der Waals surface area contributed by atoms with Crippen LogP contribution in [0.3, 0.4) is 0 Å². The summed E-state index contributed by atoms with van der Waals surface area (Å²) in [6.07, 6.45) is 0.340. The Morgan fingerprint density at radius 3 is 2.46 bits per heavy atom. The van der Waals surface area contributed by atoms with Gasteiger partial charge in [0.1, 0.15) is 11.6 Å². The molecule has 1 heterocycles. The molecule has 1 aliphatic carbocycles. The summed E-state index contributed by atoms with van der Waals surface area (Å²) in [5, 5.41) is 19.7. The number of aliphatic carboxylic acids is 1. The number of piperidine rings is 1. The van der Waals surface area contributed by atoms with Gasteiger partial charge in [0.25, 0.3) is 0 Å². The van der Waals surface area contributed by atoms with Crippen molar-refractivity contribution in [1.29, 1.82) is 0 Å². The highest BCUT2D eigenvalue weighted by molar-refractivity contribution is 5.81. The Kier molecular flexibility index (Phi) is 6.26. The minimum Gasteiger partial charge on any atom is -0.548 e. The van der Waals surface area contributed by atoms with Crippen LogP contribution in [0.1, 0.15) is 38.8 Å². The second kappa shape index (κ2) is 8.05. The Morgan fingerprint density at radius 1 is 1.35 bits per heavy atom. The number of benzene rings is 1. The van der Waals surface area contributed by atoms with Gasteiger partial charge in [-0.25, -0.2) is 4.79 Å². The van der Waals surface area contributed by atoms with E-state index >= 15 is 0 Å². The number of quaternary nitrogens is 1. The van der Waals surface area contributed by atoms with E-state index in [0.29, 0.717) is 12.5 Å². The molecular weight excluding hydrogens is 336 g/mol. The minimum atomic E-state index is -1.17. The first-order valence-corrected chi connectivity index (χ1v) is 8.83. The Bertz CT molecular complexity index is 629. The third-order valence-corrected chi connectivity index (χ3v) is 4.51. The van der Waals surface area contributed by atoms with Gasteiger partial charge in [0, 0.05) is 12.1 Å². The van der Waals surface area contributed by atoms with E-state index in [9.17, 15) is 14.7 Å². The first-order chi connectivity index (χ1) is 12.1. The molecule has 1 aromatic rings. The number of aliphatic hydroxyl groups excluding tert-OH is 1. The molecule has 3 rings (SSSR count). The fourth-order valence-corrected chi connectivity index (χ4v) is 3.11. The van der Waals surface area contributed by atoms with Gasteiger partial charge in [-0.3, -0.25) is 4.90 Å². The van der Waals surface area contributed by atoms with Gasteiger partial charge in [-0.15, -0.1) is 0 Å². The molecule has 7 nitrogen and oxygen atoms in total. The zero-order valence-electron chi connectivity index (χ0n) is 15.6. The molecule has 4 atom stereocenters. The smallest absolute Gasteiger partial charge is 0.410 e. The largest absolute Gasteiger partial charge is 0.548 e. The molecule has 2 aliphatic rings. The maximum Gasteiger partial charge on any atom is 0.410 e. The van der Waals surface area contributed by atoms with E-state index < -0.39 is 23.7 Å². The van der Waals surface area contributed by atoms with Gasteiger partial charge in [-0.2, -0.15) is 0 Å². The van der Waals surface area contributed by atoms with Gasteiger partial charge >= 0.3 is 6.09 Å². The molecular formula is C19H28N2O5. The summed E-state index contributed by atoms with van der Waals surface area (Å²) in [6, 6.07) is 9.00. The number of carbonyl (C=O) groups excluding carboxylic acids is 2. The number of likely N-dealkylation sites (tertiary alicyclic amines) is 1. The van der Waals surface area contributed by atoms with Crippen molar-refractivity contribution < 1.29 is 30.3 Å². The van der Waals surface area contributed by atoms with Crippen molar-refractivity contribution in [2.24, 2.45) is 11.8 Å². The number of carboxylic acids is 1. The summed E-state index contributed by atoms with van der Waals surface area (Å²) in [6.45, 7) is 5.88. The van der Waals surface area contributed by atoms with E-state index in [1.165, 1.54) is 4.90 Å². The van der Waals surface area contributed by atoms with Crippen molar-refractivity contribution in [1.82, 2.24) is 4.90 Å². The summed E-state index contributed by atoms with van der Waals surface area (Å²) in [4.78, 5) is 24.0. The number of aliphatic hydroxyl groups is 1. The fourth-order valence-electron chi connectivity index (χ4n) is 3.11. The SMILES string of the molecule is CC(C)(C)OC(=O)N1C[C@H]2C[C@H]2[C@@H]1C(=O)[O-].[NH3+][C@@H](CO)c1ccccc1. The van der Waals surface area contributed by atoms with Crippen molar-refractivity contribution in [3.63, 3.8) is 0 Å². The Labute approximate surface area is 153 Å². The second-order valence-electron chi connectivity index (χ2n) is 7.85. The first-order valence-electron chi connectivity index (χ1n) is 8.83. The number of rotatable bonds is 3. The van der Waals surface area contributed by atoms with Crippen molar-refractivity contribution >= 4 is 12.1 Å². The van der Waals surface area contributed by atoms with Gasteiger partial charge in [-0.05, 0) is 39.0 Å². The standard InChI is InChI=1S/C11H17NO4.C8H11NO/c1-11(2,3)16-10(15)12-5-6-4-7(6)8(12)9(13)14;9-8(6-10)7-4-2-1-3-5-7/h6-8H,4-5H2,1-3H3,(H,13,14);1-5,8,10H,6,9H2/t6-,7-,8-;8-/m10/s1. The van der Waals surface area contributed by atoms with Gasteiger partial charge in [0.15, 0.2) is 0 Å². The van der Waals surface area contributed by atoms with Crippen molar-refractivity contribution in [2.75, 3.05) is 13.2 Å². The average molecular weight is 364 g/mol. The van der Waals surface area contributed by atoms with E-state index in [4.69, 9.17) is 9.84 Å². The molecule has 0 bridgehead atoms. The Hall–Kier alpha value is -2.12. The summed E-state index contributed by atoms with van der Waals surface area (Å²) in [5.41, 5.74) is 4.27. The molecule has 1 aliphatic heterocycles. The third kappa shape index (κ3) is 5.19. The predicted molar refractivity (Wildman–Crippen MR) is 92.5 cm³/mol. The van der Waals surface area contributed by atoms with Crippen LogP contribution in [0, 0.1) is 11.8 Å². The van der Waals surface area contributed by atoms with Gasteiger partial charge in [-0.1, -0.05) is 30.3 Å². The lowest BCUT2D eigenvalue weighted by Crippen LogP contribution is -2.55. The van der Waals surface area contributed by atoms with Gasteiger partial charge in [0.2, 0.25) is 0 Å². The molecule has 0 spiro atoms. The molecule has 0 radical (unpaired) electrons. The van der Waals surface area contributed by atoms with E-state index in [-0.39, 0.29) is 18.6 Å². The zero-order valence-corrected chi connectivity index (χ0v) is 15.6. The lowest BCUT2D eigenvalue weighted by atomic mass is 10.1. The quantitative estimate of drug-likeness (QED) is 0.780. The topological polar surface area (TPSA) is 118 Å². The number of ether oxygens (including phenoxy) is 1. The third-order valence-electron chi connectivity index (χ3n) is 4.51. The number of hydrogen-bond acceptors (Lipinski definition) is 5. The van der Waals surface area contributed by atoms with Crippen LogP contribution in [-0.2, 0) is 9.53 Å². The highest BCUT2D eigenvalue weighted by Gasteiger charge is 2.55. The van der Waals surface area contributed by atoms with Crippen LogP contribution < -0.4 is 10.8 Å². The molecule has 1 saturated carbocycles. The lowest BCUT2D eigenvalue weighted by Gasteiger charge is -2.30. The molecule has 2 fully saturated rings. The van der Waals surface area contributed by atoms with E-state index in [2.05, 4.69) is 5.73 Å². The van der Waals surface area contributed by atoms with Crippen LogP contribution in [0.15, 0.2) is 30.3 Å². The van der Waals surface area contributed by atoms with Crippen LogP contribution in [0.5, 0.6) is 0 Å². The highest BCUT2D eigenvalue weighted by atomic mass is 16.6. The molecule has 26 heavy (non-hydrogen) atoms. The number of amides is 1. The zero-order chi connectivity index (χ0) is 19.5. The summed E-state index contributed by atoms with van der Waals surface area (Å²) < 4.78 is 5.17. The van der Waals surface area contributed by atoms with Gasteiger partial charge in [0.05, 0.1) is 18.6 Å². The summed E-state index contributed by atoms with van der Waals surface area (Å²) in [5.74, 6) is -0.760. The Balaban J connectivity index is 0.000000209. The van der Waals surface area contributed by atoms with E-state index in [1.807, 2.05) is 30.3 Å². The van der Waals surface area contributed by atoms with Crippen LogP contribution in [-0.4, -0.2) is 46.9 Å². The predicted octanol–water partition coefficient (Wildman–Crippen LogP) is -0.0464. The van der Waals surface area contributed by atoms with Gasteiger partial charge < -0.3 is 25.5 Å². The van der Waals surface area contributed by atoms with Crippen LogP contribution in [0.4, 0.5) is 4.79 Å². The molecule has 1 saturated heterocycles. The molecule has 144 valence electrons.